The number of nitrogens with zero attached hydrogens (tertiary/aromatic N) is 3. The van der Waals surface area contributed by atoms with Gasteiger partial charge in [-0.2, -0.15) is 0 Å². The highest BCUT2D eigenvalue weighted by atomic mass is 32.2. The molecule has 24 heavy (non-hydrogen) atoms. The lowest BCUT2D eigenvalue weighted by Crippen LogP contribution is -1.97. The van der Waals surface area contributed by atoms with Crippen LogP contribution >= 0.6 is 11.8 Å². The first-order chi connectivity index (χ1) is 11.7. The van der Waals surface area contributed by atoms with Crippen molar-refractivity contribution in [1.29, 1.82) is 0 Å². The number of carbonyl (C=O) groups excluding carboxylic acids is 1. The van der Waals surface area contributed by atoms with Crippen molar-refractivity contribution in [2.75, 3.05) is 5.75 Å². The zero-order valence-corrected chi connectivity index (χ0v) is 13.8. The number of amides is 1. The Labute approximate surface area is 142 Å². The van der Waals surface area contributed by atoms with Gasteiger partial charge >= 0.3 is 0 Å². The minimum absolute atomic E-state index is 0.112. The fourth-order valence-electron chi connectivity index (χ4n) is 2.48. The molecule has 0 radical (unpaired) electrons. The first-order valence-corrected chi connectivity index (χ1v) is 8.52. The number of pyridine rings is 1. The van der Waals surface area contributed by atoms with Gasteiger partial charge in [0.2, 0.25) is 0 Å². The maximum Gasteiger partial charge on any atom is 0.257 e. The number of aromatic nitrogens is 3. The van der Waals surface area contributed by atoms with Crippen LogP contribution in [0.15, 0.2) is 47.6 Å². The van der Waals surface area contributed by atoms with Crippen molar-refractivity contribution in [3.8, 4) is 0 Å². The first-order valence-electron chi connectivity index (χ1n) is 7.53. The van der Waals surface area contributed by atoms with E-state index in [1.54, 1.807) is 6.20 Å². The molecule has 4 rings (SSSR count). The largest absolute Gasteiger partial charge is 0.336 e. The fraction of sp³-hybridized carbons (Fsp3) is 0.111. The molecule has 0 atom stereocenters. The van der Waals surface area contributed by atoms with E-state index in [9.17, 15) is 4.79 Å². The molecule has 3 heterocycles. The molecule has 0 saturated heterocycles. The number of benzene rings is 1. The number of aryl methyl sites for hydroxylation is 1. The third-order valence-electron chi connectivity index (χ3n) is 3.69. The molecular formula is C18H14N4OS. The predicted octanol–water partition coefficient (Wildman–Crippen LogP) is 3.48. The Bertz CT molecular complexity index is 953. The molecule has 1 N–H and O–H groups in total. The van der Waals surface area contributed by atoms with Crippen LogP contribution in [0.5, 0.6) is 0 Å². The lowest BCUT2D eigenvalue weighted by atomic mass is 10.1. The Kier molecular flexibility index (Phi) is 3.74. The molecule has 6 heteroatoms. The topological polar surface area (TPSA) is 71.0 Å². The molecule has 0 fully saturated rings. The van der Waals surface area contributed by atoms with Crippen LogP contribution in [0.3, 0.4) is 0 Å². The van der Waals surface area contributed by atoms with Crippen molar-refractivity contribution < 1.29 is 4.79 Å². The van der Waals surface area contributed by atoms with Crippen LogP contribution in [0, 0.1) is 6.92 Å². The minimum Gasteiger partial charge on any atom is -0.336 e. The van der Waals surface area contributed by atoms with Crippen molar-refractivity contribution in [2.45, 2.75) is 6.92 Å². The molecule has 0 saturated carbocycles. The second-order valence-electron chi connectivity index (χ2n) is 5.53. The number of carbonyl (C=O) groups is 1. The van der Waals surface area contributed by atoms with Crippen molar-refractivity contribution in [3.05, 3.63) is 59.5 Å². The number of fused-ring (bicyclic) bond motifs is 1. The number of H-pyrrole nitrogens is 1. The van der Waals surface area contributed by atoms with Gasteiger partial charge < -0.3 is 4.98 Å². The lowest BCUT2D eigenvalue weighted by Gasteiger charge is -2.04. The van der Waals surface area contributed by atoms with Gasteiger partial charge in [0.25, 0.3) is 5.91 Å². The minimum atomic E-state index is -0.112. The number of hydrogen-bond acceptors (Lipinski definition) is 4. The van der Waals surface area contributed by atoms with E-state index in [4.69, 9.17) is 0 Å². The van der Waals surface area contributed by atoms with Gasteiger partial charge in [-0.1, -0.05) is 41.6 Å². The molecule has 0 spiro atoms. The summed E-state index contributed by atoms with van der Waals surface area (Å²) in [6.07, 6.45) is 3.71. The number of imidazole rings is 1. The van der Waals surface area contributed by atoms with E-state index < -0.39 is 0 Å². The molecule has 1 amide bonds. The van der Waals surface area contributed by atoms with Crippen LogP contribution < -0.4 is 0 Å². The lowest BCUT2D eigenvalue weighted by molar-refractivity contribution is -0.115. The molecule has 0 aliphatic carbocycles. The third kappa shape index (κ3) is 2.88. The van der Waals surface area contributed by atoms with Gasteiger partial charge in [-0.05, 0) is 30.7 Å². The Morgan fingerprint density at radius 3 is 2.79 bits per heavy atom. The summed E-state index contributed by atoms with van der Waals surface area (Å²) in [5.41, 5.74) is 4.55. The average molecular weight is 334 g/mol. The van der Waals surface area contributed by atoms with Gasteiger partial charge in [-0.15, -0.1) is 0 Å². The summed E-state index contributed by atoms with van der Waals surface area (Å²) in [6.45, 7) is 2.05. The quantitative estimate of drug-likeness (QED) is 0.796. The number of hydrogen-bond donors (Lipinski definition) is 1. The number of aromatic amines is 1. The predicted molar refractivity (Wildman–Crippen MR) is 97.8 cm³/mol. The molecule has 2 aromatic heterocycles. The summed E-state index contributed by atoms with van der Waals surface area (Å²) in [6, 6.07) is 12.0. The van der Waals surface area contributed by atoms with Crippen molar-refractivity contribution in [1.82, 2.24) is 15.0 Å². The van der Waals surface area contributed by atoms with E-state index in [0.29, 0.717) is 22.3 Å². The monoisotopic (exact) mass is 334 g/mol. The standard InChI is InChI=1S/C18H14N4OS/c1-11-4-6-12(7-5-11)9-13(18-21-15(23)10-24-18)16-20-14-3-2-8-19-17(14)22-16/h2-9H,10H2,1H3,(H,19,20,22)/b13-9-. The Morgan fingerprint density at radius 1 is 1.25 bits per heavy atom. The normalized spacial score (nSPS) is 15.1. The maximum absolute atomic E-state index is 11.6. The van der Waals surface area contributed by atoms with Crippen LogP contribution in [-0.4, -0.2) is 31.7 Å². The van der Waals surface area contributed by atoms with E-state index in [1.165, 1.54) is 17.3 Å². The van der Waals surface area contributed by atoms with Crippen LogP contribution in [0.4, 0.5) is 0 Å². The zero-order chi connectivity index (χ0) is 16.5. The van der Waals surface area contributed by atoms with Crippen molar-refractivity contribution >= 4 is 45.5 Å². The van der Waals surface area contributed by atoms with Crippen LogP contribution in [-0.2, 0) is 4.79 Å². The second-order valence-corrected chi connectivity index (χ2v) is 6.49. The summed E-state index contributed by atoms with van der Waals surface area (Å²) >= 11 is 1.44. The fourth-order valence-corrected chi connectivity index (χ4v) is 3.28. The maximum atomic E-state index is 11.6. The summed E-state index contributed by atoms with van der Waals surface area (Å²) < 4.78 is 0. The molecule has 1 aliphatic rings. The highest BCUT2D eigenvalue weighted by Gasteiger charge is 2.22. The molecular weight excluding hydrogens is 320 g/mol. The smallest absolute Gasteiger partial charge is 0.257 e. The number of aliphatic imine (C=N–C) groups is 1. The van der Waals surface area contributed by atoms with Crippen LogP contribution in [0.1, 0.15) is 17.0 Å². The number of nitrogens with one attached hydrogen (secondary N) is 1. The van der Waals surface area contributed by atoms with Gasteiger partial charge in [0, 0.05) is 6.20 Å². The van der Waals surface area contributed by atoms with E-state index >= 15 is 0 Å². The molecule has 118 valence electrons. The van der Waals surface area contributed by atoms with E-state index in [0.717, 1.165) is 16.7 Å². The average Bonchev–Trinajstić information content (AvgIpc) is 3.20. The number of rotatable bonds is 3. The molecule has 0 bridgehead atoms. The molecule has 0 unspecified atom stereocenters. The molecule has 3 aromatic rings. The summed E-state index contributed by atoms with van der Waals surface area (Å²) in [7, 11) is 0. The Morgan fingerprint density at radius 2 is 2.08 bits per heavy atom. The SMILES string of the molecule is Cc1ccc(/C=C(\C2=NC(=O)CS2)c2nc3ncccc3[nH]2)cc1. The van der Waals surface area contributed by atoms with E-state index in [2.05, 4.69) is 39.0 Å². The number of thioether (sulfide) groups is 1. The van der Waals surface area contributed by atoms with Gasteiger partial charge in [0.15, 0.2) is 5.65 Å². The van der Waals surface area contributed by atoms with Gasteiger partial charge in [-0.3, -0.25) is 4.79 Å². The van der Waals surface area contributed by atoms with E-state index in [1.807, 2.05) is 30.3 Å². The zero-order valence-electron chi connectivity index (χ0n) is 13.0. The Balaban J connectivity index is 1.85. The first kappa shape index (κ1) is 14.8. The van der Waals surface area contributed by atoms with Crippen molar-refractivity contribution in [3.63, 3.8) is 0 Å². The molecule has 5 nitrogen and oxygen atoms in total. The van der Waals surface area contributed by atoms with Gasteiger partial charge in [0.1, 0.15) is 10.9 Å². The summed E-state index contributed by atoms with van der Waals surface area (Å²) in [4.78, 5) is 27.8. The summed E-state index contributed by atoms with van der Waals surface area (Å²) in [5, 5.41) is 0.694. The second kappa shape index (κ2) is 6.05. The van der Waals surface area contributed by atoms with Crippen molar-refractivity contribution in [2.24, 2.45) is 4.99 Å². The Hall–Kier alpha value is -2.73. The molecule has 1 aromatic carbocycles. The highest BCUT2D eigenvalue weighted by Crippen LogP contribution is 2.28. The third-order valence-corrected chi connectivity index (χ3v) is 4.67. The summed E-state index contributed by atoms with van der Waals surface area (Å²) in [5.74, 6) is 0.934. The van der Waals surface area contributed by atoms with E-state index in [-0.39, 0.29) is 5.91 Å². The highest BCUT2D eigenvalue weighted by molar-refractivity contribution is 8.16. The van der Waals surface area contributed by atoms with Gasteiger partial charge in [0.05, 0.1) is 16.8 Å². The van der Waals surface area contributed by atoms with Crippen LogP contribution in [0.2, 0.25) is 0 Å². The molecule has 1 aliphatic heterocycles. The van der Waals surface area contributed by atoms with Crippen LogP contribution in [0.25, 0.3) is 22.8 Å². The van der Waals surface area contributed by atoms with Gasteiger partial charge in [-0.25, -0.2) is 15.0 Å².